The molecule has 1 aromatic rings. The van der Waals surface area contributed by atoms with E-state index in [0.29, 0.717) is 11.0 Å². The summed E-state index contributed by atoms with van der Waals surface area (Å²) < 4.78 is 4.95. The normalized spacial score (nSPS) is 17.5. The summed E-state index contributed by atoms with van der Waals surface area (Å²) in [6.45, 7) is 0. The second-order valence-corrected chi connectivity index (χ2v) is 4.42. The van der Waals surface area contributed by atoms with Gasteiger partial charge in [-0.25, -0.2) is 4.98 Å². The van der Waals surface area contributed by atoms with Gasteiger partial charge in [0.2, 0.25) is 0 Å². The van der Waals surface area contributed by atoms with Crippen LogP contribution in [0, 0.1) is 0 Å². The second kappa shape index (κ2) is 3.94. The highest BCUT2D eigenvalue weighted by Gasteiger charge is 2.37. The van der Waals surface area contributed by atoms with E-state index in [1.807, 2.05) is 0 Å². The maximum Gasteiger partial charge on any atom is 0.316 e. The molecule has 5 heteroatoms. The first-order valence-electron chi connectivity index (χ1n) is 4.97. The van der Waals surface area contributed by atoms with Gasteiger partial charge in [-0.3, -0.25) is 0 Å². The summed E-state index contributed by atoms with van der Waals surface area (Å²) >= 11 is 5.98. The highest BCUT2D eigenvalue weighted by molar-refractivity contribution is 6.31. The number of nitrogens with zero attached hydrogens (tertiary/aromatic N) is 2. The Morgan fingerprint density at radius 2 is 2.33 bits per heavy atom. The van der Waals surface area contributed by atoms with Crippen molar-refractivity contribution >= 4 is 11.6 Å². The number of rotatable bonds is 4. The van der Waals surface area contributed by atoms with Gasteiger partial charge in [0.1, 0.15) is 0 Å². The number of methoxy groups -OCH3 is 1. The van der Waals surface area contributed by atoms with Crippen LogP contribution in [0.4, 0.5) is 0 Å². The van der Waals surface area contributed by atoms with E-state index in [9.17, 15) is 0 Å². The van der Waals surface area contributed by atoms with Crippen LogP contribution in [-0.4, -0.2) is 22.6 Å². The lowest BCUT2D eigenvalue weighted by atomic mass is 10.1. The van der Waals surface area contributed by atoms with Crippen LogP contribution in [0.3, 0.4) is 0 Å². The molecule has 82 valence electrons. The molecule has 1 heterocycles. The topological polar surface area (TPSA) is 61.0 Å². The lowest BCUT2D eigenvalue weighted by Crippen LogP contribution is -2.22. The lowest BCUT2D eigenvalue weighted by molar-refractivity contribution is 0.377. The van der Waals surface area contributed by atoms with E-state index in [0.717, 1.165) is 31.4 Å². The Kier molecular flexibility index (Phi) is 2.80. The number of aryl methyl sites for hydroxylation is 1. The summed E-state index contributed by atoms with van der Waals surface area (Å²) in [4.78, 5) is 8.12. The van der Waals surface area contributed by atoms with Gasteiger partial charge in [-0.15, -0.1) is 0 Å². The predicted octanol–water partition coefficient (Wildman–Crippen LogP) is 1.56. The van der Waals surface area contributed by atoms with Gasteiger partial charge in [0.15, 0.2) is 0 Å². The molecule has 1 fully saturated rings. The summed E-state index contributed by atoms with van der Waals surface area (Å²) in [5, 5.41) is 0.583. The van der Waals surface area contributed by atoms with E-state index in [1.165, 1.54) is 0 Å². The van der Waals surface area contributed by atoms with Crippen molar-refractivity contribution in [1.29, 1.82) is 0 Å². The van der Waals surface area contributed by atoms with Gasteiger partial charge in [-0.1, -0.05) is 11.6 Å². The van der Waals surface area contributed by atoms with Crippen molar-refractivity contribution in [3.8, 4) is 6.01 Å². The zero-order valence-electron chi connectivity index (χ0n) is 8.66. The number of aromatic nitrogens is 2. The van der Waals surface area contributed by atoms with E-state index in [4.69, 9.17) is 22.1 Å². The van der Waals surface area contributed by atoms with E-state index in [-0.39, 0.29) is 5.54 Å². The molecule has 0 saturated heterocycles. The molecule has 0 atom stereocenters. The summed E-state index contributed by atoms with van der Waals surface area (Å²) in [5.74, 6) is 0. The van der Waals surface area contributed by atoms with Gasteiger partial charge >= 0.3 is 6.01 Å². The van der Waals surface area contributed by atoms with Gasteiger partial charge in [-0.05, 0) is 25.7 Å². The molecular formula is C10H14ClN3O. The largest absolute Gasteiger partial charge is 0.467 e. The number of nitrogens with two attached hydrogens (primary N) is 1. The van der Waals surface area contributed by atoms with Gasteiger partial charge in [0.25, 0.3) is 0 Å². The minimum Gasteiger partial charge on any atom is -0.467 e. The van der Waals surface area contributed by atoms with Gasteiger partial charge < -0.3 is 10.5 Å². The second-order valence-electron chi connectivity index (χ2n) is 4.01. The molecule has 0 bridgehead atoms. The number of ether oxygens (including phenoxy) is 1. The molecule has 0 unspecified atom stereocenters. The molecule has 4 nitrogen and oxygen atoms in total. The molecule has 1 aromatic heterocycles. The molecule has 0 amide bonds. The highest BCUT2D eigenvalue weighted by Crippen LogP contribution is 2.36. The zero-order chi connectivity index (χ0) is 10.9. The Balaban J connectivity index is 2.05. The zero-order valence-corrected chi connectivity index (χ0v) is 9.42. The first-order valence-corrected chi connectivity index (χ1v) is 5.35. The van der Waals surface area contributed by atoms with Crippen LogP contribution in [0.15, 0.2) is 6.20 Å². The van der Waals surface area contributed by atoms with Crippen molar-refractivity contribution in [3.63, 3.8) is 0 Å². The number of hydrogen-bond acceptors (Lipinski definition) is 4. The van der Waals surface area contributed by atoms with E-state index in [2.05, 4.69) is 9.97 Å². The van der Waals surface area contributed by atoms with Crippen LogP contribution < -0.4 is 10.5 Å². The van der Waals surface area contributed by atoms with Gasteiger partial charge in [0, 0.05) is 5.54 Å². The smallest absolute Gasteiger partial charge is 0.316 e. The average molecular weight is 228 g/mol. The monoisotopic (exact) mass is 227 g/mol. The molecular weight excluding hydrogens is 214 g/mol. The fraction of sp³-hybridized carbons (Fsp3) is 0.600. The van der Waals surface area contributed by atoms with Crippen molar-refractivity contribution in [2.45, 2.75) is 31.2 Å². The maximum absolute atomic E-state index is 6.00. The van der Waals surface area contributed by atoms with Crippen molar-refractivity contribution in [3.05, 3.63) is 16.9 Å². The molecule has 1 aliphatic carbocycles. The first-order chi connectivity index (χ1) is 7.13. The van der Waals surface area contributed by atoms with E-state index >= 15 is 0 Å². The lowest BCUT2D eigenvalue weighted by Gasteiger charge is -2.09. The molecule has 1 aliphatic rings. The third-order valence-corrected chi connectivity index (χ3v) is 3.04. The van der Waals surface area contributed by atoms with E-state index in [1.54, 1.807) is 13.3 Å². The molecule has 0 aliphatic heterocycles. The molecule has 0 spiro atoms. The summed E-state index contributed by atoms with van der Waals surface area (Å²) in [7, 11) is 1.54. The summed E-state index contributed by atoms with van der Waals surface area (Å²) in [6, 6.07) is 0.358. The summed E-state index contributed by atoms with van der Waals surface area (Å²) in [5.41, 5.74) is 6.85. The Morgan fingerprint density at radius 1 is 1.60 bits per heavy atom. The molecule has 15 heavy (non-hydrogen) atoms. The van der Waals surface area contributed by atoms with Gasteiger partial charge in [-0.2, -0.15) is 4.98 Å². The minimum absolute atomic E-state index is 0.0293. The fourth-order valence-corrected chi connectivity index (χ4v) is 1.62. The molecule has 2 N–H and O–H groups in total. The Morgan fingerprint density at radius 3 is 2.93 bits per heavy atom. The summed E-state index contributed by atoms with van der Waals surface area (Å²) in [6.07, 6.45) is 5.49. The van der Waals surface area contributed by atoms with Crippen molar-refractivity contribution in [2.24, 2.45) is 5.73 Å². The van der Waals surface area contributed by atoms with E-state index < -0.39 is 0 Å². The third-order valence-electron chi connectivity index (χ3n) is 2.73. The fourth-order valence-electron chi connectivity index (χ4n) is 1.44. The van der Waals surface area contributed by atoms with Crippen molar-refractivity contribution in [2.75, 3.05) is 7.11 Å². The van der Waals surface area contributed by atoms with Crippen LogP contribution in [-0.2, 0) is 6.42 Å². The van der Waals surface area contributed by atoms with Crippen molar-refractivity contribution in [1.82, 2.24) is 9.97 Å². The number of hydrogen-bond donors (Lipinski definition) is 1. The van der Waals surface area contributed by atoms with Crippen LogP contribution >= 0.6 is 11.6 Å². The Labute approximate surface area is 93.8 Å². The van der Waals surface area contributed by atoms with Crippen LogP contribution in [0.25, 0.3) is 0 Å². The first kappa shape index (κ1) is 10.6. The minimum atomic E-state index is 0.0293. The highest BCUT2D eigenvalue weighted by atomic mass is 35.5. The molecule has 1 saturated carbocycles. The Bertz CT molecular complexity index is 366. The average Bonchev–Trinajstić information content (AvgIpc) is 2.96. The van der Waals surface area contributed by atoms with Crippen LogP contribution in [0.1, 0.15) is 25.0 Å². The quantitative estimate of drug-likeness (QED) is 0.848. The number of halogens is 1. The molecule has 0 aromatic carbocycles. The van der Waals surface area contributed by atoms with Crippen LogP contribution in [0.5, 0.6) is 6.01 Å². The van der Waals surface area contributed by atoms with Crippen LogP contribution in [0.2, 0.25) is 5.02 Å². The predicted molar refractivity (Wildman–Crippen MR) is 58.1 cm³/mol. The van der Waals surface area contributed by atoms with Crippen molar-refractivity contribution < 1.29 is 4.74 Å². The SMILES string of the molecule is COc1ncc(Cl)c(CCC2(N)CC2)n1. The molecule has 2 rings (SSSR count). The van der Waals surface area contributed by atoms with Gasteiger partial charge in [0.05, 0.1) is 24.0 Å². The Hall–Kier alpha value is -0.870. The maximum atomic E-state index is 6.00. The molecule has 0 radical (unpaired) electrons. The standard InChI is InChI=1S/C10H14ClN3O/c1-15-9-13-6-7(11)8(14-9)2-3-10(12)4-5-10/h6H,2-5,12H2,1H3. The third kappa shape index (κ3) is 2.58.